The number of piperazine rings is 1. The number of fused-ring (bicyclic) bond motifs is 1. The van der Waals surface area contributed by atoms with Gasteiger partial charge in [0.05, 0.1) is 22.2 Å². The smallest absolute Gasteiger partial charge is 0.449 e. The highest BCUT2D eigenvalue weighted by Gasteiger charge is 2.32. The SMILES string of the molecule is Cn1c(-c2ccc(Cl)cc2)c(C2CCCCC2)c2sc(OC(=O)O)c(CN3CCN(S(C)(=O)=O)CC3)c21. The zero-order valence-corrected chi connectivity index (χ0v) is 23.5. The Bertz CT molecular complexity index is 1400. The van der Waals surface area contributed by atoms with E-state index in [2.05, 4.69) is 9.47 Å². The third kappa shape index (κ3) is 5.40. The van der Waals surface area contributed by atoms with Gasteiger partial charge in [0, 0.05) is 50.4 Å². The van der Waals surface area contributed by atoms with E-state index in [1.807, 2.05) is 31.3 Å². The van der Waals surface area contributed by atoms with Gasteiger partial charge in [-0.25, -0.2) is 13.2 Å². The second-order valence-corrected chi connectivity index (χ2v) is 13.4. The Morgan fingerprint density at radius 1 is 1.11 bits per heavy atom. The monoisotopic (exact) mass is 565 g/mol. The van der Waals surface area contributed by atoms with Crippen molar-refractivity contribution in [3.8, 4) is 16.3 Å². The number of aromatic nitrogens is 1. The molecule has 1 aliphatic heterocycles. The van der Waals surface area contributed by atoms with Crippen LogP contribution in [0.2, 0.25) is 5.02 Å². The van der Waals surface area contributed by atoms with E-state index in [0.717, 1.165) is 39.9 Å². The van der Waals surface area contributed by atoms with Crippen molar-refractivity contribution in [2.45, 2.75) is 44.6 Å². The molecule has 2 aromatic heterocycles. The van der Waals surface area contributed by atoms with Gasteiger partial charge in [0.1, 0.15) is 0 Å². The maximum atomic E-state index is 12.0. The Morgan fingerprint density at radius 3 is 2.35 bits per heavy atom. The van der Waals surface area contributed by atoms with Crippen LogP contribution in [0, 0.1) is 0 Å². The fraction of sp³-hybridized carbons (Fsp3) is 0.500. The van der Waals surface area contributed by atoms with E-state index in [0.29, 0.717) is 48.7 Å². The molecule has 0 spiro atoms. The standard InChI is InChI=1S/C26H32ClN3O5S2/c1-28-22(18-8-10-19(27)11-9-18)21(17-6-4-3-5-7-17)24-23(28)20(25(36-24)35-26(31)32)16-29-12-14-30(15-13-29)37(2,33)34/h8-11,17H,3-7,12-16H2,1-2H3,(H,31,32). The van der Waals surface area contributed by atoms with Crippen molar-refractivity contribution in [3.05, 3.63) is 40.4 Å². The van der Waals surface area contributed by atoms with Crippen molar-refractivity contribution in [1.82, 2.24) is 13.8 Å². The number of carbonyl (C=O) groups is 1. The minimum absolute atomic E-state index is 0.394. The molecule has 5 rings (SSSR count). The van der Waals surface area contributed by atoms with Crippen LogP contribution in [0.3, 0.4) is 0 Å². The highest BCUT2D eigenvalue weighted by molar-refractivity contribution is 7.88. The predicted molar refractivity (Wildman–Crippen MR) is 147 cm³/mol. The van der Waals surface area contributed by atoms with Crippen LogP contribution in [0.25, 0.3) is 21.5 Å². The van der Waals surface area contributed by atoms with Gasteiger partial charge in [-0.15, -0.1) is 0 Å². The number of nitrogens with zero attached hydrogens (tertiary/aromatic N) is 3. The molecule has 3 aromatic rings. The molecule has 11 heteroatoms. The summed E-state index contributed by atoms with van der Waals surface area (Å²) >= 11 is 7.62. The van der Waals surface area contributed by atoms with E-state index in [1.54, 1.807) is 0 Å². The Balaban J connectivity index is 1.61. The molecule has 1 N–H and O–H groups in total. The van der Waals surface area contributed by atoms with Crippen LogP contribution in [0.4, 0.5) is 4.79 Å². The summed E-state index contributed by atoms with van der Waals surface area (Å²) in [6.07, 6.45) is 5.73. The number of benzene rings is 1. The summed E-state index contributed by atoms with van der Waals surface area (Å²) in [6, 6.07) is 7.91. The van der Waals surface area contributed by atoms with E-state index in [1.165, 1.54) is 46.7 Å². The second kappa shape index (κ2) is 10.6. The number of halogens is 1. The number of carboxylic acid groups (broad SMARTS) is 1. The molecule has 200 valence electrons. The van der Waals surface area contributed by atoms with Crippen LogP contribution in [-0.2, 0) is 23.6 Å². The fourth-order valence-corrected chi connectivity index (χ4v) is 8.11. The van der Waals surface area contributed by atoms with Crippen LogP contribution in [0.1, 0.15) is 49.1 Å². The average molecular weight is 566 g/mol. The minimum atomic E-state index is -3.23. The summed E-state index contributed by atoms with van der Waals surface area (Å²) in [6.45, 7) is 2.46. The van der Waals surface area contributed by atoms with Crippen molar-refractivity contribution in [2.24, 2.45) is 7.05 Å². The molecule has 1 saturated carbocycles. The number of hydrogen-bond donors (Lipinski definition) is 1. The quantitative estimate of drug-likeness (QED) is 0.383. The minimum Gasteiger partial charge on any atom is -0.449 e. The number of sulfonamides is 1. The van der Waals surface area contributed by atoms with Gasteiger partial charge in [-0.2, -0.15) is 4.31 Å². The van der Waals surface area contributed by atoms with Crippen LogP contribution in [-0.4, -0.2) is 65.9 Å². The highest BCUT2D eigenvalue weighted by atomic mass is 35.5. The normalized spacial score (nSPS) is 18.5. The number of aryl methyl sites for hydroxylation is 1. The van der Waals surface area contributed by atoms with Crippen LogP contribution in [0.15, 0.2) is 24.3 Å². The first-order valence-corrected chi connectivity index (χ1v) is 15.7. The summed E-state index contributed by atoms with van der Waals surface area (Å²) in [5.41, 5.74) is 5.35. The molecule has 2 aliphatic rings. The average Bonchev–Trinajstić information content (AvgIpc) is 3.33. The van der Waals surface area contributed by atoms with E-state index in [-0.39, 0.29) is 0 Å². The fourth-order valence-electron chi connectivity index (χ4n) is 5.84. The highest BCUT2D eigenvalue weighted by Crippen LogP contribution is 2.50. The van der Waals surface area contributed by atoms with Gasteiger partial charge in [-0.1, -0.05) is 54.3 Å². The number of rotatable bonds is 6. The number of thiophene rings is 1. The molecule has 3 heterocycles. The molecule has 8 nitrogen and oxygen atoms in total. The molecule has 0 unspecified atom stereocenters. The van der Waals surface area contributed by atoms with Gasteiger partial charge in [-0.3, -0.25) is 4.90 Å². The lowest BCUT2D eigenvalue weighted by atomic mass is 9.83. The van der Waals surface area contributed by atoms with Gasteiger partial charge in [0.2, 0.25) is 10.0 Å². The summed E-state index contributed by atoms with van der Waals surface area (Å²) < 4.78 is 34.0. The Kier molecular flexibility index (Phi) is 7.57. The molecule has 0 atom stereocenters. The molecular weight excluding hydrogens is 534 g/mol. The summed E-state index contributed by atoms with van der Waals surface area (Å²) in [5.74, 6) is 0.394. The van der Waals surface area contributed by atoms with Crippen LogP contribution >= 0.6 is 22.9 Å². The molecule has 1 aliphatic carbocycles. The predicted octanol–water partition coefficient (Wildman–Crippen LogP) is 5.74. The van der Waals surface area contributed by atoms with Gasteiger partial charge in [-0.05, 0) is 42.0 Å². The lowest BCUT2D eigenvalue weighted by Gasteiger charge is -2.33. The molecule has 1 saturated heterocycles. The van der Waals surface area contributed by atoms with Crippen molar-refractivity contribution < 1.29 is 23.1 Å². The maximum Gasteiger partial charge on any atom is 0.512 e. The Hall–Kier alpha value is -2.11. The first-order chi connectivity index (χ1) is 17.6. The summed E-state index contributed by atoms with van der Waals surface area (Å²) in [4.78, 5) is 13.8. The zero-order valence-electron chi connectivity index (χ0n) is 21.1. The molecular formula is C26H32ClN3O5S2. The molecule has 37 heavy (non-hydrogen) atoms. The van der Waals surface area contributed by atoms with Crippen molar-refractivity contribution in [3.63, 3.8) is 0 Å². The first-order valence-electron chi connectivity index (χ1n) is 12.6. The van der Waals surface area contributed by atoms with Crippen molar-refractivity contribution >= 4 is 49.3 Å². The lowest BCUT2D eigenvalue weighted by Crippen LogP contribution is -2.47. The number of hydrogen-bond acceptors (Lipinski definition) is 6. The van der Waals surface area contributed by atoms with E-state index in [4.69, 9.17) is 16.3 Å². The van der Waals surface area contributed by atoms with Crippen molar-refractivity contribution in [1.29, 1.82) is 0 Å². The van der Waals surface area contributed by atoms with Gasteiger partial charge in [0.15, 0.2) is 5.06 Å². The van der Waals surface area contributed by atoms with Gasteiger partial charge >= 0.3 is 6.16 Å². The Labute approximate surface area is 226 Å². The van der Waals surface area contributed by atoms with Gasteiger partial charge in [0.25, 0.3) is 0 Å². The van der Waals surface area contributed by atoms with Crippen molar-refractivity contribution in [2.75, 3.05) is 32.4 Å². The third-order valence-corrected chi connectivity index (χ3v) is 10.3. The molecule has 0 amide bonds. The van der Waals surface area contributed by atoms with Crippen LogP contribution in [0.5, 0.6) is 5.06 Å². The summed E-state index contributed by atoms with van der Waals surface area (Å²) in [7, 11) is -1.19. The first kappa shape index (κ1) is 26.5. The topological polar surface area (TPSA) is 92.1 Å². The maximum absolute atomic E-state index is 12.0. The largest absolute Gasteiger partial charge is 0.512 e. The van der Waals surface area contributed by atoms with Gasteiger partial charge < -0.3 is 14.4 Å². The molecule has 0 radical (unpaired) electrons. The van der Waals surface area contributed by atoms with E-state index < -0.39 is 16.2 Å². The Morgan fingerprint density at radius 2 is 1.76 bits per heavy atom. The van der Waals surface area contributed by atoms with E-state index in [9.17, 15) is 18.3 Å². The third-order valence-electron chi connectivity index (χ3n) is 7.61. The second-order valence-electron chi connectivity index (χ2n) is 10.0. The zero-order chi connectivity index (χ0) is 26.3. The molecule has 1 aromatic carbocycles. The summed E-state index contributed by atoms with van der Waals surface area (Å²) in [5, 5.41) is 10.6. The molecule has 0 bridgehead atoms. The van der Waals surface area contributed by atoms with Crippen LogP contribution < -0.4 is 4.74 Å². The lowest BCUT2D eigenvalue weighted by molar-refractivity contribution is 0.144. The van der Waals surface area contributed by atoms with E-state index >= 15 is 0 Å². The number of ether oxygens (including phenoxy) is 1. The molecule has 2 fully saturated rings.